The van der Waals surface area contributed by atoms with E-state index in [1.165, 1.54) is 12.8 Å². The Bertz CT molecular complexity index is 829. The van der Waals surface area contributed by atoms with Crippen LogP contribution in [0.25, 0.3) is 10.9 Å². The Morgan fingerprint density at radius 3 is 2.85 bits per heavy atom. The van der Waals surface area contributed by atoms with E-state index in [1.807, 2.05) is 22.8 Å². The number of nitrogens with two attached hydrogens (primary N) is 1. The van der Waals surface area contributed by atoms with Crippen LogP contribution < -0.4 is 10.5 Å². The Morgan fingerprint density at radius 1 is 1.46 bits per heavy atom. The monoisotopic (exact) mass is 375 g/mol. The van der Waals surface area contributed by atoms with E-state index in [9.17, 15) is 5.11 Å². The van der Waals surface area contributed by atoms with Crippen molar-refractivity contribution in [1.29, 1.82) is 0 Å². The summed E-state index contributed by atoms with van der Waals surface area (Å²) in [6, 6.07) is 5.64. The minimum atomic E-state index is -0.0745. The molecule has 1 aliphatic carbocycles. The summed E-state index contributed by atoms with van der Waals surface area (Å²) in [4.78, 5) is 2.37. The van der Waals surface area contributed by atoms with Gasteiger partial charge in [-0.25, -0.2) is 0 Å². The molecular weight excluding hydrogens is 350 g/mol. The summed E-state index contributed by atoms with van der Waals surface area (Å²) >= 11 is 4.77. The number of fused-ring (bicyclic) bond motifs is 1. The summed E-state index contributed by atoms with van der Waals surface area (Å²) in [6.45, 7) is 4.80. The molecule has 1 saturated carbocycles. The maximum atomic E-state index is 10.8. The van der Waals surface area contributed by atoms with Crippen molar-refractivity contribution in [3.8, 4) is 11.6 Å². The van der Waals surface area contributed by atoms with Crippen LogP contribution in [0.4, 0.5) is 5.69 Å². The highest BCUT2D eigenvalue weighted by Gasteiger charge is 2.25. The van der Waals surface area contributed by atoms with E-state index < -0.39 is 0 Å². The van der Waals surface area contributed by atoms with E-state index in [-0.39, 0.29) is 11.0 Å². The molecule has 3 rings (SSSR count). The first-order valence-corrected chi connectivity index (χ1v) is 9.27. The molecule has 0 spiro atoms. The van der Waals surface area contributed by atoms with Gasteiger partial charge in [0.15, 0.2) is 5.69 Å². The van der Waals surface area contributed by atoms with E-state index in [2.05, 4.69) is 22.1 Å². The van der Waals surface area contributed by atoms with Crippen LogP contribution in [0, 0.1) is 5.92 Å². The molecule has 7 nitrogen and oxygen atoms in total. The lowest BCUT2D eigenvalue weighted by atomic mass is 10.2. The van der Waals surface area contributed by atoms with E-state index in [1.54, 1.807) is 7.11 Å². The van der Waals surface area contributed by atoms with Gasteiger partial charge >= 0.3 is 0 Å². The van der Waals surface area contributed by atoms with Gasteiger partial charge in [-0.1, -0.05) is 6.92 Å². The zero-order valence-electron chi connectivity index (χ0n) is 15.2. The van der Waals surface area contributed by atoms with Crippen molar-refractivity contribution in [2.24, 2.45) is 21.9 Å². The molecule has 0 amide bonds. The molecule has 0 bridgehead atoms. The zero-order valence-corrected chi connectivity index (χ0v) is 16.0. The third-order valence-corrected chi connectivity index (χ3v) is 4.64. The van der Waals surface area contributed by atoms with Crippen molar-refractivity contribution in [3.05, 3.63) is 18.2 Å². The Morgan fingerprint density at radius 2 is 2.23 bits per heavy atom. The van der Waals surface area contributed by atoms with Crippen LogP contribution in [0.1, 0.15) is 26.2 Å². The van der Waals surface area contributed by atoms with Gasteiger partial charge < -0.3 is 15.6 Å². The third kappa shape index (κ3) is 4.13. The molecule has 26 heavy (non-hydrogen) atoms. The fourth-order valence-electron chi connectivity index (χ4n) is 3.17. The lowest BCUT2D eigenvalue weighted by Gasteiger charge is -2.23. The maximum absolute atomic E-state index is 10.8. The molecule has 0 radical (unpaired) electrons. The van der Waals surface area contributed by atoms with Crippen molar-refractivity contribution in [1.82, 2.24) is 9.47 Å². The van der Waals surface area contributed by atoms with Crippen molar-refractivity contribution < 1.29 is 9.84 Å². The van der Waals surface area contributed by atoms with Gasteiger partial charge in [-0.15, -0.1) is 10.2 Å². The largest absolute Gasteiger partial charge is 0.497 e. The predicted molar refractivity (Wildman–Crippen MR) is 106 cm³/mol. The lowest BCUT2D eigenvalue weighted by Crippen LogP contribution is -2.29. The van der Waals surface area contributed by atoms with Crippen LogP contribution in [0.15, 0.2) is 28.4 Å². The average molecular weight is 375 g/mol. The standard InChI is InChI=1S/C18H25N5O2S/c1-3-8-22(10-12-4-5-12)11-23-15-7-6-13(25-2)9-14(15)16(17(23)24)20-21-18(19)26/h6-7,9,12,24H,3-5,8,10-11H2,1-2H3,(H2,19,26). The first kappa shape index (κ1) is 18.6. The zero-order chi connectivity index (χ0) is 18.7. The number of aromatic nitrogens is 1. The smallest absolute Gasteiger partial charge is 0.221 e. The van der Waals surface area contributed by atoms with Gasteiger partial charge in [0.05, 0.1) is 19.3 Å². The van der Waals surface area contributed by atoms with E-state index in [0.29, 0.717) is 18.1 Å². The van der Waals surface area contributed by atoms with Crippen LogP contribution in [-0.2, 0) is 6.67 Å². The van der Waals surface area contributed by atoms with Gasteiger partial charge in [0.2, 0.25) is 11.0 Å². The number of ether oxygens (including phenoxy) is 1. The van der Waals surface area contributed by atoms with Gasteiger partial charge in [0.25, 0.3) is 0 Å². The molecule has 1 aromatic carbocycles. The summed E-state index contributed by atoms with van der Waals surface area (Å²) < 4.78 is 7.17. The summed E-state index contributed by atoms with van der Waals surface area (Å²) in [7, 11) is 1.60. The molecule has 2 aromatic rings. The van der Waals surface area contributed by atoms with Gasteiger partial charge in [-0.05, 0) is 62.1 Å². The Kier molecular flexibility index (Phi) is 5.73. The number of hydrogen-bond acceptors (Lipinski definition) is 5. The number of benzene rings is 1. The summed E-state index contributed by atoms with van der Waals surface area (Å²) in [5.74, 6) is 1.52. The summed E-state index contributed by atoms with van der Waals surface area (Å²) in [5.41, 5.74) is 6.66. The van der Waals surface area contributed by atoms with E-state index in [4.69, 9.17) is 22.7 Å². The van der Waals surface area contributed by atoms with Crippen molar-refractivity contribution in [2.75, 3.05) is 20.2 Å². The van der Waals surface area contributed by atoms with Crippen molar-refractivity contribution >= 4 is 33.9 Å². The molecule has 1 heterocycles. The SMILES string of the molecule is CCCN(CC1CC1)Cn1c(O)c(N=NC(N)=S)c2cc(OC)ccc21. The first-order valence-electron chi connectivity index (χ1n) is 8.86. The molecule has 1 aliphatic rings. The molecule has 1 aromatic heterocycles. The first-order chi connectivity index (χ1) is 12.5. The van der Waals surface area contributed by atoms with E-state index >= 15 is 0 Å². The Balaban J connectivity index is 2.02. The number of rotatable bonds is 8. The van der Waals surface area contributed by atoms with Crippen LogP contribution in [0.5, 0.6) is 11.6 Å². The number of methoxy groups -OCH3 is 1. The minimum Gasteiger partial charge on any atom is -0.497 e. The highest BCUT2D eigenvalue weighted by molar-refractivity contribution is 7.80. The molecule has 3 N–H and O–H groups in total. The third-order valence-electron chi connectivity index (χ3n) is 4.56. The van der Waals surface area contributed by atoms with Crippen molar-refractivity contribution in [3.63, 3.8) is 0 Å². The number of thiocarbonyl (C=S) groups is 1. The molecule has 0 saturated heterocycles. The molecular formula is C18H25N5O2S. The lowest BCUT2D eigenvalue weighted by molar-refractivity contribution is 0.203. The minimum absolute atomic E-state index is 0.0603. The molecule has 1 fully saturated rings. The fourth-order valence-corrected chi connectivity index (χ4v) is 3.21. The van der Waals surface area contributed by atoms with Crippen LogP contribution in [-0.4, -0.2) is 39.9 Å². The van der Waals surface area contributed by atoms with E-state index in [0.717, 1.165) is 36.3 Å². The van der Waals surface area contributed by atoms with Gasteiger partial charge in [0.1, 0.15) is 5.75 Å². The molecule has 0 atom stereocenters. The second kappa shape index (κ2) is 8.01. The number of nitrogens with zero attached hydrogens (tertiary/aromatic N) is 4. The van der Waals surface area contributed by atoms with Crippen LogP contribution in [0.2, 0.25) is 0 Å². The topological polar surface area (TPSA) is 88.4 Å². The Hall–Kier alpha value is -2.19. The number of hydrogen-bond donors (Lipinski definition) is 2. The molecule has 140 valence electrons. The summed E-state index contributed by atoms with van der Waals surface area (Å²) in [6.07, 6.45) is 3.65. The summed E-state index contributed by atoms with van der Waals surface area (Å²) in [5, 5.41) is 19.3. The molecule has 0 unspecified atom stereocenters. The van der Waals surface area contributed by atoms with Crippen LogP contribution in [0.3, 0.4) is 0 Å². The average Bonchev–Trinajstić information content (AvgIpc) is 3.39. The maximum Gasteiger partial charge on any atom is 0.221 e. The fraction of sp³-hybridized carbons (Fsp3) is 0.500. The number of azo groups is 1. The highest BCUT2D eigenvalue weighted by Crippen LogP contribution is 2.41. The van der Waals surface area contributed by atoms with Gasteiger partial charge in [-0.2, -0.15) is 0 Å². The number of aromatic hydroxyl groups is 1. The molecule has 0 aliphatic heterocycles. The highest BCUT2D eigenvalue weighted by atomic mass is 32.1. The quantitative estimate of drug-likeness (QED) is 0.542. The van der Waals surface area contributed by atoms with Gasteiger partial charge in [-0.3, -0.25) is 9.47 Å². The van der Waals surface area contributed by atoms with Crippen molar-refractivity contribution in [2.45, 2.75) is 32.9 Å². The van der Waals surface area contributed by atoms with Gasteiger partial charge in [0, 0.05) is 11.9 Å². The van der Waals surface area contributed by atoms with Crippen LogP contribution >= 0.6 is 12.2 Å². The predicted octanol–water partition coefficient (Wildman–Crippen LogP) is 3.76. The Labute approximate surface area is 158 Å². The normalized spacial score (nSPS) is 14.6. The second-order valence-corrected chi connectivity index (χ2v) is 7.10. The second-order valence-electron chi connectivity index (χ2n) is 6.68. The molecule has 8 heteroatoms.